The van der Waals surface area contributed by atoms with E-state index in [9.17, 15) is 14.0 Å². The van der Waals surface area contributed by atoms with E-state index in [2.05, 4.69) is 26.6 Å². The van der Waals surface area contributed by atoms with Crippen molar-refractivity contribution in [2.24, 2.45) is 0 Å². The molecule has 1 aliphatic rings. The number of benzene rings is 2. The summed E-state index contributed by atoms with van der Waals surface area (Å²) in [5, 5.41) is 5.45. The van der Waals surface area contributed by atoms with Gasteiger partial charge in [0.05, 0.1) is 17.7 Å². The van der Waals surface area contributed by atoms with Crippen molar-refractivity contribution in [2.75, 3.05) is 5.32 Å². The summed E-state index contributed by atoms with van der Waals surface area (Å²) in [5.74, 6) is -0.888. The third kappa shape index (κ3) is 2.87. The summed E-state index contributed by atoms with van der Waals surface area (Å²) < 4.78 is 14.0. The van der Waals surface area contributed by atoms with Crippen LogP contribution < -0.4 is 10.6 Å². The van der Waals surface area contributed by atoms with Gasteiger partial charge in [-0.25, -0.2) is 4.39 Å². The average molecular weight is 363 g/mol. The highest BCUT2D eigenvalue weighted by atomic mass is 79.9. The Bertz CT molecular complexity index is 777. The zero-order valence-corrected chi connectivity index (χ0v) is 13.0. The van der Waals surface area contributed by atoms with Crippen LogP contribution in [-0.4, -0.2) is 11.8 Å². The maximum Gasteiger partial charge on any atom is 0.254 e. The monoisotopic (exact) mass is 362 g/mol. The van der Waals surface area contributed by atoms with Gasteiger partial charge in [-0.05, 0) is 29.8 Å². The van der Waals surface area contributed by atoms with Crippen molar-refractivity contribution in [1.82, 2.24) is 5.32 Å². The third-order valence-electron chi connectivity index (χ3n) is 3.44. The standard InChI is InChI=1S/C16H12BrFN2O2/c17-12-4-5-13(15-11(12)8-19-16(15)22)20-14(21)7-9-2-1-3-10(18)6-9/h1-6H,7-8H2,(H,19,22)(H,20,21). The van der Waals surface area contributed by atoms with E-state index in [0.717, 1.165) is 10.0 Å². The molecule has 6 heteroatoms. The molecule has 112 valence electrons. The summed E-state index contributed by atoms with van der Waals surface area (Å²) in [6.07, 6.45) is 0.0458. The molecular weight excluding hydrogens is 351 g/mol. The predicted octanol–water partition coefficient (Wildman–Crippen LogP) is 3.01. The molecule has 1 heterocycles. The average Bonchev–Trinajstić information content (AvgIpc) is 2.85. The molecule has 4 nitrogen and oxygen atoms in total. The van der Waals surface area contributed by atoms with E-state index in [0.29, 0.717) is 23.4 Å². The number of hydrogen-bond donors (Lipinski definition) is 2. The van der Waals surface area contributed by atoms with Crippen LogP contribution in [0, 0.1) is 5.82 Å². The number of carbonyl (C=O) groups is 2. The second-order valence-electron chi connectivity index (χ2n) is 4.99. The SMILES string of the molecule is O=C(Cc1cccc(F)c1)Nc1ccc(Br)c2c1C(=O)NC2. The lowest BCUT2D eigenvalue weighted by Crippen LogP contribution is -2.18. The van der Waals surface area contributed by atoms with Crippen LogP contribution in [0.3, 0.4) is 0 Å². The second-order valence-corrected chi connectivity index (χ2v) is 5.84. The number of anilines is 1. The normalized spacial score (nSPS) is 12.7. The van der Waals surface area contributed by atoms with Crippen LogP contribution in [0.1, 0.15) is 21.5 Å². The Hall–Kier alpha value is -2.21. The van der Waals surface area contributed by atoms with Crippen LogP contribution >= 0.6 is 15.9 Å². The molecule has 0 saturated carbocycles. The van der Waals surface area contributed by atoms with Gasteiger partial charge in [-0.2, -0.15) is 0 Å². The maximum atomic E-state index is 13.1. The highest BCUT2D eigenvalue weighted by Crippen LogP contribution is 2.30. The predicted molar refractivity (Wildman–Crippen MR) is 84.0 cm³/mol. The summed E-state index contributed by atoms with van der Waals surface area (Å²) in [6, 6.07) is 9.35. The van der Waals surface area contributed by atoms with Gasteiger partial charge in [-0.15, -0.1) is 0 Å². The molecule has 0 bridgehead atoms. The van der Waals surface area contributed by atoms with E-state index in [1.807, 2.05) is 0 Å². The van der Waals surface area contributed by atoms with Gasteiger partial charge < -0.3 is 10.6 Å². The Kier molecular flexibility index (Phi) is 3.94. The van der Waals surface area contributed by atoms with Gasteiger partial charge in [0.25, 0.3) is 5.91 Å². The fourth-order valence-corrected chi connectivity index (χ4v) is 2.91. The molecule has 0 unspecified atom stereocenters. The summed E-state index contributed by atoms with van der Waals surface area (Å²) in [4.78, 5) is 24.0. The minimum absolute atomic E-state index is 0.0458. The highest BCUT2D eigenvalue weighted by molar-refractivity contribution is 9.10. The number of fused-ring (bicyclic) bond motifs is 1. The van der Waals surface area contributed by atoms with Gasteiger partial charge >= 0.3 is 0 Å². The molecule has 2 N–H and O–H groups in total. The van der Waals surface area contributed by atoms with Gasteiger partial charge in [-0.1, -0.05) is 28.1 Å². The van der Waals surface area contributed by atoms with E-state index in [4.69, 9.17) is 0 Å². The van der Waals surface area contributed by atoms with Crippen molar-refractivity contribution >= 4 is 33.4 Å². The lowest BCUT2D eigenvalue weighted by molar-refractivity contribution is -0.115. The maximum absolute atomic E-state index is 13.1. The molecule has 2 aromatic rings. The first-order chi connectivity index (χ1) is 10.5. The minimum Gasteiger partial charge on any atom is -0.348 e. The number of halogens is 2. The van der Waals surface area contributed by atoms with E-state index in [1.165, 1.54) is 12.1 Å². The minimum atomic E-state index is -0.380. The fourth-order valence-electron chi connectivity index (χ4n) is 2.44. The molecule has 0 aromatic heterocycles. The molecule has 0 saturated heterocycles. The molecule has 0 spiro atoms. The van der Waals surface area contributed by atoms with Crippen molar-refractivity contribution in [3.05, 3.63) is 63.4 Å². The van der Waals surface area contributed by atoms with Crippen LogP contribution in [0.4, 0.5) is 10.1 Å². The van der Waals surface area contributed by atoms with E-state index < -0.39 is 0 Å². The molecule has 2 aromatic carbocycles. The highest BCUT2D eigenvalue weighted by Gasteiger charge is 2.25. The summed E-state index contributed by atoms with van der Waals surface area (Å²) in [6.45, 7) is 0.433. The number of rotatable bonds is 3. The Morgan fingerprint density at radius 3 is 2.91 bits per heavy atom. The molecular formula is C16H12BrFN2O2. The van der Waals surface area contributed by atoms with Gasteiger partial charge in [0.2, 0.25) is 5.91 Å². The molecule has 0 fully saturated rings. The van der Waals surface area contributed by atoms with Crippen molar-refractivity contribution in [1.29, 1.82) is 0 Å². The van der Waals surface area contributed by atoms with Crippen LogP contribution in [0.15, 0.2) is 40.9 Å². The summed E-state index contributed by atoms with van der Waals surface area (Å²) in [7, 11) is 0. The smallest absolute Gasteiger partial charge is 0.254 e. The number of hydrogen-bond acceptors (Lipinski definition) is 2. The van der Waals surface area contributed by atoms with Crippen molar-refractivity contribution in [2.45, 2.75) is 13.0 Å². The Labute approximate surface area is 134 Å². The lowest BCUT2D eigenvalue weighted by Gasteiger charge is -2.10. The van der Waals surface area contributed by atoms with E-state index in [1.54, 1.807) is 24.3 Å². The Balaban J connectivity index is 1.81. The van der Waals surface area contributed by atoms with Gasteiger partial charge in [0.15, 0.2) is 0 Å². The third-order valence-corrected chi connectivity index (χ3v) is 4.18. The van der Waals surface area contributed by atoms with Crippen LogP contribution in [0.2, 0.25) is 0 Å². The van der Waals surface area contributed by atoms with Gasteiger partial charge in [0.1, 0.15) is 5.82 Å². The molecule has 2 amide bonds. The summed E-state index contributed by atoms with van der Waals surface area (Å²) >= 11 is 3.39. The first kappa shape index (κ1) is 14.7. The summed E-state index contributed by atoms with van der Waals surface area (Å²) in [5.41, 5.74) is 2.35. The largest absolute Gasteiger partial charge is 0.348 e. The second kappa shape index (κ2) is 5.88. The number of amides is 2. The zero-order chi connectivity index (χ0) is 15.7. The molecule has 0 aliphatic carbocycles. The van der Waals surface area contributed by atoms with Crippen molar-refractivity contribution < 1.29 is 14.0 Å². The number of nitrogens with one attached hydrogen (secondary N) is 2. The molecule has 1 aliphatic heterocycles. The van der Waals surface area contributed by atoms with Crippen molar-refractivity contribution in [3.8, 4) is 0 Å². The van der Waals surface area contributed by atoms with Crippen LogP contribution in [0.5, 0.6) is 0 Å². The Morgan fingerprint density at radius 1 is 1.32 bits per heavy atom. The first-order valence-electron chi connectivity index (χ1n) is 6.68. The molecule has 22 heavy (non-hydrogen) atoms. The van der Waals surface area contributed by atoms with Crippen LogP contribution in [0.25, 0.3) is 0 Å². The lowest BCUT2D eigenvalue weighted by atomic mass is 10.1. The molecule has 3 rings (SSSR count). The van der Waals surface area contributed by atoms with E-state index >= 15 is 0 Å². The topological polar surface area (TPSA) is 58.2 Å². The molecule has 0 radical (unpaired) electrons. The zero-order valence-electron chi connectivity index (χ0n) is 11.5. The first-order valence-corrected chi connectivity index (χ1v) is 7.48. The fraction of sp³-hybridized carbons (Fsp3) is 0.125. The molecule has 0 atom stereocenters. The van der Waals surface area contributed by atoms with Gasteiger partial charge in [0, 0.05) is 16.6 Å². The van der Waals surface area contributed by atoms with Crippen LogP contribution in [-0.2, 0) is 17.8 Å². The quantitative estimate of drug-likeness (QED) is 0.881. The van der Waals surface area contributed by atoms with Gasteiger partial charge in [-0.3, -0.25) is 9.59 Å². The number of carbonyl (C=O) groups excluding carboxylic acids is 2. The Morgan fingerprint density at radius 2 is 2.14 bits per heavy atom. The van der Waals surface area contributed by atoms with E-state index in [-0.39, 0.29) is 24.1 Å². The van der Waals surface area contributed by atoms with Crippen molar-refractivity contribution in [3.63, 3.8) is 0 Å².